The van der Waals surface area contributed by atoms with Gasteiger partial charge in [0.05, 0.1) is 10.9 Å². The lowest BCUT2D eigenvalue weighted by Crippen LogP contribution is -2.47. The second-order valence-corrected chi connectivity index (χ2v) is 8.71. The highest BCUT2D eigenvalue weighted by Crippen LogP contribution is 2.40. The van der Waals surface area contributed by atoms with Gasteiger partial charge in [0, 0.05) is 37.1 Å². The smallest absolute Gasteiger partial charge is 0.230 e. The van der Waals surface area contributed by atoms with Crippen LogP contribution in [0.1, 0.15) is 36.2 Å². The molecule has 144 valence electrons. The molecule has 1 N–H and O–H groups in total. The molecule has 8 heteroatoms. The molecule has 2 aromatic heterocycles. The van der Waals surface area contributed by atoms with Crippen LogP contribution in [-0.4, -0.2) is 62.2 Å². The average Bonchev–Trinajstić information content (AvgIpc) is 3.23. The lowest BCUT2D eigenvalue weighted by Gasteiger charge is -2.38. The van der Waals surface area contributed by atoms with Gasteiger partial charge in [0.2, 0.25) is 10.8 Å². The maximum absolute atomic E-state index is 10.9. The highest BCUT2D eigenvalue weighted by atomic mass is 79.9. The molecule has 0 aliphatic carbocycles. The molecule has 6 nitrogen and oxygen atoms in total. The maximum atomic E-state index is 10.9. The Bertz CT molecular complexity index is 914. The first-order valence-corrected chi connectivity index (χ1v) is 11.0. The zero-order valence-electron chi connectivity index (χ0n) is 15.6. The highest BCUT2D eigenvalue weighted by molar-refractivity contribution is 9.10. The summed E-state index contributed by atoms with van der Waals surface area (Å²) in [4.78, 5) is 11.1. The third kappa shape index (κ3) is 3.63. The van der Waals surface area contributed by atoms with Gasteiger partial charge in [0.25, 0.3) is 0 Å². The Labute approximate surface area is 171 Å². The SMILES string of the molecule is CCc1nc2sc(C(c3ccc(Br)cc3)N3CCN(CC)CC3)c(O)n2n1. The van der Waals surface area contributed by atoms with Crippen LogP contribution in [0.25, 0.3) is 4.96 Å². The molecule has 0 bridgehead atoms. The largest absolute Gasteiger partial charge is 0.492 e. The molecule has 1 atom stereocenters. The van der Waals surface area contributed by atoms with Gasteiger partial charge in [0.15, 0.2) is 5.82 Å². The van der Waals surface area contributed by atoms with Crippen molar-refractivity contribution < 1.29 is 5.11 Å². The first-order chi connectivity index (χ1) is 13.1. The van der Waals surface area contributed by atoms with E-state index in [9.17, 15) is 5.11 Å². The van der Waals surface area contributed by atoms with E-state index in [0.29, 0.717) is 0 Å². The maximum Gasteiger partial charge on any atom is 0.230 e. The van der Waals surface area contributed by atoms with Crippen molar-refractivity contribution in [3.8, 4) is 5.88 Å². The van der Waals surface area contributed by atoms with Gasteiger partial charge in [0.1, 0.15) is 0 Å². The first kappa shape index (κ1) is 18.9. The molecule has 1 fully saturated rings. The Morgan fingerprint density at radius 1 is 1.15 bits per heavy atom. The lowest BCUT2D eigenvalue weighted by atomic mass is 10.0. The quantitative estimate of drug-likeness (QED) is 0.645. The van der Waals surface area contributed by atoms with Crippen LogP contribution in [0.5, 0.6) is 5.88 Å². The fraction of sp³-hybridized carbons (Fsp3) is 0.474. The number of piperazine rings is 1. The summed E-state index contributed by atoms with van der Waals surface area (Å²) in [5, 5.41) is 15.4. The van der Waals surface area contributed by atoms with Crippen molar-refractivity contribution in [1.82, 2.24) is 24.4 Å². The van der Waals surface area contributed by atoms with Crippen molar-refractivity contribution in [1.29, 1.82) is 0 Å². The Morgan fingerprint density at radius 2 is 1.85 bits per heavy atom. The van der Waals surface area contributed by atoms with E-state index >= 15 is 0 Å². The number of aryl methyl sites for hydroxylation is 1. The standard InChI is InChI=1S/C19H24BrN5OS/c1-3-15-21-19-25(22-15)18(26)17(27-19)16(13-5-7-14(20)8-6-13)24-11-9-23(4-2)10-12-24/h5-8,16,26H,3-4,9-12H2,1-2H3. The molecule has 3 aromatic rings. The van der Waals surface area contributed by atoms with Crippen LogP contribution >= 0.6 is 27.3 Å². The Kier molecular flexibility index (Phi) is 5.50. The van der Waals surface area contributed by atoms with E-state index in [-0.39, 0.29) is 11.9 Å². The Morgan fingerprint density at radius 3 is 2.44 bits per heavy atom. The van der Waals surface area contributed by atoms with E-state index in [1.165, 1.54) is 16.9 Å². The van der Waals surface area contributed by atoms with Gasteiger partial charge in [-0.3, -0.25) is 4.90 Å². The summed E-state index contributed by atoms with van der Waals surface area (Å²) in [6.45, 7) is 9.35. The number of likely N-dealkylation sites (N-methyl/N-ethyl adjacent to an activating group) is 1. The zero-order chi connectivity index (χ0) is 19.0. The van der Waals surface area contributed by atoms with Crippen LogP contribution in [0.3, 0.4) is 0 Å². The van der Waals surface area contributed by atoms with Gasteiger partial charge in [-0.15, -0.1) is 5.10 Å². The lowest BCUT2D eigenvalue weighted by molar-refractivity contribution is 0.113. The van der Waals surface area contributed by atoms with Gasteiger partial charge in [-0.2, -0.15) is 4.52 Å². The topological polar surface area (TPSA) is 56.9 Å². The number of halogens is 1. The van der Waals surface area contributed by atoms with Crippen molar-refractivity contribution in [3.05, 3.63) is 45.0 Å². The summed E-state index contributed by atoms with van der Waals surface area (Å²) in [5.74, 6) is 0.980. The van der Waals surface area contributed by atoms with Crippen molar-refractivity contribution in [2.75, 3.05) is 32.7 Å². The third-order valence-electron chi connectivity index (χ3n) is 5.21. The molecule has 0 radical (unpaired) electrons. The van der Waals surface area contributed by atoms with Crippen molar-refractivity contribution in [3.63, 3.8) is 0 Å². The zero-order valence-corrected chi connectivity index (χ0v) is 18.0. The average molecular weight is 450 g/mol. The third-order valence-corrected chi connectivity index (χ3v) is 6.81. The van der Waals surface area contributed by atoms with E-state index < -0.39 is 0 Å². The fourth-order valence-corrected chi connectivity index (χ4v) is 5.03. The molecule has 1 aromatic carbocycles. The number of thiazole rings is 1. The van der Waals surface area contributed by atoms with E-state index in [1.54, 1.807) is 4.52 Å². The molecular weight excluding hydrogens is 426 g/mol. The van der Waals surface area contributed by atoms with Crippen molar-refractivity contribution >= 4 is 32.2 Å². The summed E-state index contributed by atoms with van der Waals surface area (Å²) in [5.41, 5.74) is 1.18. The molecule has 0 saturated carbocycles. The number of benzene rings is 1. The van der Waals surface area contributed by atoms with Gasteiger partial charge in [-0.1, -0.05) is 53.2 Å². The van der Waals surface area contributed by atoms with Crippen LogP contribution in [0.4, 0.5) is 0 Å². The van der Waals surface area contributed by atoms with Gasteiger partial charge in [-0.25, -0.2) is 4.98 Å². The minimum atomic E-state index is 0.00989. The summed E-state index contributed by atoms with van der Waals surface area (Å²) >= 11 is 5.06. The number of aromatic nitrogens is 3. The number of rotatable bonds is 5. The molecular formula is C19H24BrN5OS. The van der Waals surface area contributed by atoms with Gasteiger partial charge >= 0.3 is 0 Å². The van der Waals surface area contributed by atoms with E-state index in [2.05, 4.69) is 67.0 Å². The van der Waals surface area contributed by atoms with Gasteiger partial charge in [-0.05, 0) is 24.2 Å². The predicted molar refractivity (Wildman–Crippen MR) is 112 cm³/mol. The van der Waals surface area contributed by atoms with Crippen LogP contribution in [0, 0.1) is 0 Å². The normalized spacial score (nSPS) is 17.6. The molecule has 27 heavy (non-hydrogen) atoms. The molecule has 0 spiro atoms. The fourth-order valence-electron chi connectivity index (χ4n) is 3.63. The predicted octanol–water partition coefficient (Wildman–Crippen LogP) is 3.55. The van der Waals surface area contributed by atoms with E-state index in [1.807, 2.05) is 6.92 Å². The Balaban J connectivity index is 1.74. The number of fused-ring (bicyclic) bond motifs is 1. The minimum absolute atomic E-state index is 0.00989. The monoisotopic (exact) mass is 449 g/mol. The number of hydrogen-bond donors (Lipinski definition) is 1. The van der Waals surface area contributed by atoms with Crippen molar-refractivity contribution in [2.45, 2.75) is 26.3 Å². The number of hydrogen-bond acceptors (Lipinski definition) is 6. The van der Waals surface area contributed by atoms with Crippen LogP contribution < -0.4 is 0 Å². The van der Waals surface area contributed by atoms with E-state index in [4.69, 9.17) is 0 Å². The van der Waals surface area contributed by atoms with Crippen LogP contribution in [0.15, 0.2) is 28.7 Å². The molecule has 1 aliphatic heterocycles. The first-order valence-electron chi connectivity index (χ1n) is 9.39. The second kappa shape index (κ2) is 7.87. The molecule has 4 rings (SSSR count). The number of aromatic hydroxyl groups is 1. The summed E-state index contributed by atoms with van der Waals surface area (Å²) in [6.07, 6.45) is 0.762. The summed E-state index contributed by atoms with van der Waals surface area (Å²) in [6, 6.07) is 8.40. The highest BCUT2D eigenvalue weighted by Gasteiger charge is 2.31. The van der Waals surface area contributed by atoms with Gasteiger partial charge < -0.3 is 10.0 Å². The summed E-state index contributed by atoms with van der Waals surface area (Å²) in [7, 11) is 0. The molecule has 3 heterocycles. The van der Waals surface area contributed by atoms with E-state index in [0.717, 1.165) is 59.3 Å². The van der Waals surface area contributed by atoms with Crippen molar-refractivity contribution in [2.24, 2.45) is 0 Å². The minimum Gasteiger partial charge on any atom is -0.492 e. The molecule has 1 unspecified atom stereocenters. The molecule has 1 saturated heterocycles. The number of nitrogens with zero attached hydrogens (tertiary/aromatic N) is 5. The van der Waals surface area contributed by atoms with Crippen LogP contribution in [-0.2, 0) is 6.42 Å². The molecule has 1 aliphatic rings. The second-order valence-electron chi connectivity index (χ2n) is 6.79. The summed E-state index contributed by atoms with van der Waals surface area (Å²) < 4.78 is 2.65. The molecule has 0 amide bonds. The van der Waals surface area contributed by atoms with Crippen LogP contribution in [0.2, 0.25) is 0 Å². The Hall–Kier alpha value is -1.48.